The summed E-state index contributed by atoms with van der Waals surface area (Å²) in [6, 6.07) is 0. The average Bonchev–Trinajstić information content (AvgIpc) is 2.57. The van der Waals surface area contributed by atoms with Gasteiger partial charge in [-0.15, -0.1) is 0 Å². The maximum atomic E-state index is 12.1. The van der Waals surface area contributed by atoms with Gasteiger partial charge in [-0.25, -0.2) is 9.97 Å². The van der Waals surface area contributed by atoms with Gasteiger partial charge in [0.25, 0.3) is 0 Å². The molecule has 0 aliphatic heterocycles. The molecular weight excluding hydrogens is 390 g/mol. The van der Waals surface area contributed by atoms with E-state index in [4.69, 9.17) is 0 Å². The minimum Gasteiger partial charge on any atom is -1.00 e. The van der Waals surface area contributed by atoms with Gasteiger partial charge in [-0.1, -0.05) is 11.8 Å². The number of carbonyl (C=O) groups is 1. The molecule has 0 aliphatic carbocycles. The first-order valence-corrected chi connectivity index (χ1v) is 9.30. The zero-order valence-electron chi connectivity index (χ0n) is 15.5. The molecule has 8 heteroatoms. The minimum absolute atomic E-state index is 0. The molecule has 1 aromatic heterocycles. The largest absolute Gasteiger partial charge is 1.00 e. The summed E-state index contributed by atoms with van der Waals surface area (Å²) in [6.45, 7) is 10.8. The lowest BCUT2D eigenvalue weighted by atomic mass is 10.3. The summed E-state index contributed by atoms with van der Waals surface area (Å²) < 4.78 is 1.02. The first kappa shape index (κ1) is 23.3. The Labute approximate surface area is 160 Å². The van der Waals surface area contributed by atoms with Crippen LogP contribution in [0.4, 0.5) is 5.95 Å². The van der Waals surface area contributed by atoms with Crippen LogP contribution >= 0.6 is 11.8 Å². The Bertz CT molecular complexity index is 489. The van der Waals surface area contributed by atoms with Crippen molar-refractivity contribution in [3.63, 3.8) is 0 Å². The number of aromatic nitrogens is 3. The highest BCUT2D eigenvalue weighted by Gasteiger charge is 2.21. The van der Waals surface area contributed by atoms with Crippen LogP contribution in [0.25, 0.3) is 0 Å². The topological polar surface area (TPSA) is 59.0 Å². The van der Waals surface area contributed by atoms with Crippen LogP contribution in [0.5, 0.6) is 0 Å². The highest BCUT2D eigenvalue weighted by atomic mass is 79.9. The second-order valence-corrected chi connectivity index (χ2v) is 6.98. The maximum Gasteiger partial charge on any atom is 0.228 e. The Morgan fingerprint density at radius 2 is 1.79 bits per heavy atom. The van der Waals surface area contributed by atoms with Crippen LogP contribution in [-0.2, 0) is 11.2 Å². The first-order chi connectivity index (χ1) is 11.0. The molecule has 1 rings (SSSR count). The molecule has 0 unspecified atom stereocenters. The van der Waals surface area contributed by atoms with Crippen molar-refractivity contribution in [1.82, 2.24) is 15.0 Å². The Balaban J connectivity index is 0.00000529. The number of hydrogen-bond acceptors (Lipinski definition) is 6. The van der Waals surface area contributed by atoms with Crippen molar-refractivity contribution in [3.8, 4) is 0 Å². The summed E-state index contributed by atoms with van der Waals surface area (Å²) in [4.78, 5) is 26.6. The quantitative estimate of drug-likeness (QED) is 0.453. The number of thioether (sulfide) groups is 1. The van der Waals surface area contributed by atoms with E-state index in [1.54, 1.807) is 0 Å². The molecule has 0 saturated carbocycles. The van der Waals surface area contributed by atoms with Crippen LogP contribution < -0.4 is 21.9 Å². The second kappa shape index (κ2) is 11.8. The average molecular weight is 420 g/mol. The fourth-order valence-corrected chi connectivity index (χ4v) is 3.21. The first-order valence-electron chi connectivity index (χ1n) is 8.32. The lowest BCUT2D eigenvalue weighted by Crippen LogP contribution is -3.00. The van der Waals surface area contributed by atoms with E-state index in [0.29, 0.717) is 18.8 Å². The molecule has 138 valence electrons. The molecule has 0 spiro atoms. The van der Waals surface area contributed by atoms with Crippen molar-refractivity contribution in [2.45, 2.75) is 33.6 Å². The molecule has 0 aromatic carbocycles. The summed E-state index contributed by atoms with van der Waals surface area (Å²) in [5.74, 6) is 2.12. The van der Waals surface area contributed by atoms with Crippen molar-refractivity contribution < 1.29 is 26.3 Å². The number of hydrogen-bond donors (Lipinski definition) is 0. The molecule has 6 nitrogen and oxygen atoms in total. The van der Waals surface area contributed by atoms with Crippen LogP contribution in [0.3, 0.4) is 0 Å². The Hall–Kier alpha value is -0.730. The Morgan fingerprint density at radius 1 is 1.17 bits per heavy atom. The van der Waals surface area contributed by atoms with E-state index in [1.165, 1.54) is 18.1 Å². The number of aryl methyl sites for hydroxylation is 1. The van der Waals surface area contributed by atoms with Crippen molar-refractivity contribution in [3.05, 3.63) is 12.2 Å². The summed E-state index contributed by atoms with van der Waals surface area (Å²) >= 11 is 1.39. The standard InChI is InChI=1S/C16H30N5OS.BrH/c1-6-21(7-2,8-3)11-9-15(22)23-12-10-14-17-13-18-16(19-14)20(4)5;/h13H,6-12H2,1-5H3;1H/q+1;/p-1. The van der Waals surface area contributed by atoms with Crippen LogP contribution in [0.15, 0.2) is 6.33 Å². The summed E-state index contributed by atoms with van der Waals surface area (Å²) in [6.07, 6.45) is 2.86. The summed E-state index contributed by atoms with van der Waals surface area (Å²) in [5, 5.41) is 0.268. The Kier molecular flexibility index (Phi) is 11.4. The smallest absolute Gasteiger partial charge is 0.228 e. The number of halogens is 1. The van der Waals surface area contributed by atoms with E-state index < -0.39 is 0 Å². The number of nitrogens with zero attached hydrogens (tertiary/aromatic N) is 5. The van der Waals surface area contributed by atoms with Gasteiger partial charge in [0, 0.05) is 26.3 Å². The van der Waals surface area contributed by atoms with Crippen molar-refractivity contribution in [2.75, 3.05) is 50.9 Å². The van der Waals surface area contributed by atoms with Gasteiger partial charge in [0.15, 0.2) is 5.12 Å². The Morgan fingerprint density at radius 3 is 2.33 bits per heavy atom. The van der Waals surface area contributed by atoms with E-state index in [2.05, 4.69) is 35.7 Å². The van der Waals surface area contributed by atoms with E-state index in [1.807, 2.05) is 19.0 Å². The van der Waals surface area contributed by atoms with Crippen LogP contribution in [0, 0.1) is 0 Å². The van der Waals surface area contributed by atoms with E-state index in [9.17, 15) is 4.79 Å². The number of quaternary nitrogens is 1. The normalized spacial score (nSPS) is 11.0. The molecule has 0 amide bonds. The zero-order valence-corrected chi connectivity index (χ0v) is 17.9. The molecule has 0 saturated heterocycles. The summed E-state index contributed by atoms with van der Waals surface area (Å²) in [7, 11) is 3.80. The molecule has 0 bridgehead atoms. The van der Waals surface area contributed by atoms with Gasteiger partial charge < -0.3 is 26.4 Å². The fourth-order valence-electron chi connectivity index (χ4n) is 2.46. The minimum atomic E-state index is 0. The van der Waals surface area contributed by atoms with E-state index >= 15 is 0 Å². The molecule has 0 aliphatic rings. The van der Waals surface area contributed by atoms with Gasteiger partial charge in [0.1, 0.15) is 12.2 Å². The molecular formula is C16H30BrN5OS. The van der Waals surface area contributed by atoms with Gasteiger partial charge in [-0.2, -0.15) is 4.98 Å². The van der Waals surface area contributed by atoms with Gasteiger partial charge in [0.05, 0.1) is 32.6 Å². The predicted octanol–water partition coefficient (Wildman–Crippen LogP) is -0.989. The van der Waals surface area contributed by atoms with Crippen LogP contribution in [-0.4, -0.2) is 70.6 Å². The van der Waals surface area contributed by atoms with Crippen LogP contribution in [0.1, 0.15) is 33.0 Å². The fraction of sp³-hybridized carbons (Fsp3) is 0.750. The third-order valence-electron chi connectivity index (χ3n) is 4.40. The molecule has 0 N–H and O–H groups in total. The highest BCUT2D eigenvalue weighted by Crippen LogP contribution is 2.13. The van der Waals surface area contributed by atoms with Crippen molar-refractivity contribution in [1.29, 1.82) is 0 Å². The summed E-state index contributed by atoms with van der Waals surface area (Å²) in [5.41, 5.74) is 0. The molecule has 0 atom stereocenters. The zero-order chi connectivity index (χ0) is 17.3. The maximum absolute atomic E-state index is 12.1. The van der Waals surface area contributed by atoms with E-state index in [-0.39, 0.29) is 22.1 Å². The van der Waals surface area contributed by atoms with Crippen molar-refractivity contribution >= 4 is 22.8 Å². The van der Waals surface area contributed by atoms with Gasteiger partial charge >= 0.3 is 0 Å². The monoisotopic (exact) mass is 419 g/mol. The van der Waals surface area contributed by atoms with Gasteiger partial charge in [-0.05, 0) is 20.8 Å². The number of rotatable bonds is 10. The lowest BCUT2D eigenvalue weighted by molar-refractivity contribution is -0.922. The lowest BCUT2D eigenvalue weighted by Gasteiger charge is -2.35. The molecule has 1 heterocycles. The van der Waals surface area contributed by atoms with Crippen LogP contribution in [0.2, 0.25) is 0 Å². The molecule has 0 radical (unpaired) electrons. The molecule has 24 heavy (non-hydrogen) atoms. The number of anilines is 1. The second-order valence-electron chi connectivity index (χ2n) is 5.83. The van der Waals surface area contributed by atoms with Crippen molar-refractivity contribution in [2.24, 2.45) is 0 Å². The van der Waals surface area contributed by atoms with E-state index in [0.717, 1.165) is 42.2 Å². The molecule has 0 fully saturated rings. The van der Waals surface area contributed by atoms with Gasteiger partial charge in [-0.3, -0.25) is 4.79 Å². The SMILES string of the molecule is CC[N+](CC)(CC)CCC(=O)SCCc1ncnc(N(C)C)n1.[Br-]. The molecule has 1 aromatic rings. The highest BCUT2D eigenvalue weighted by molar-refractivity contribution is 8.13. The third-order valence-corrected chi connectivity index (χ3v) is 5.33. The predicted molar refractivity (Wildman–Crippen MR) is 96.7 cm³/mol. The van der Waals surface area contributed by atoms with Gasteiger partial charge in [0.2, 0.25) is 5.95 Å². The number of carbonyl (C=O) groups excluding carboxylic acids is 1. The third kappa shape index (κ3) is 7.44.